The average molecular weight is 179 g/mol. The Kier molecular flexibility index (Phi) is 2.25. The van der Waals surface area contributed by atoms with Gasteiger partial charge in [0, 0.05) is 24.8 Å². The number of aryl methyl sites for hydroxylation is 2. The highest BCUT2D eigenvalue weighted by Gasteiger charge is 2.15. The quantitative estimate of drug-likeness (QED) is 0.753. The highest BCUT2D eigenvalue weighted by atomic mass is 15.3. The molecule has 3 nitrogen and oxygen atoms in total. The largest absolute Gasteiger partial charge is 0.366 e. The summed E-state index contributed by atoms with van der Waals surface area (Å²) in [6.45, 7) is 2.08. The number of anilines is 1. The maximum absolute atomic E-state index is 4.38. The Morgan fingerprint density at radius 2 is 2.15 bits per heavy atom. The standard InChI is InChI=1S/C10H17N3/c1-8-7-10(12-13(8)2)11-9-5-3-4-6-9/h7,9H,3-6H2,1-2H3,(H,11,12). The van der Waals surface area contributed by atoms with Gasteiger partial charge in [-0.2, -0.15) is 5.10 Å². The van der Waals surface area contributed by atoms with Gasteiger partial charge < -0.3 is 5.32 Å². The summed E-state index contributed by atoms with van der Waals surface area (Å²) in [6.07, 6.45) is 5.33. The lowest BCUT2D eigenvalue weighted by Gasteiger charge is -2.09. The molecule has 0 atom stereocenters. The maximum atomic E-state index is 4.38. The van der Waals surface area contributed by atoms with Crippen molar-refractivity contribution in [2.45, 2.75) is 38.6 Å². The third-order valence-corrected chi connectivity index (χ3v) is 2.82. The molecule has 0 amide bonds. The van der Waals surface area contributed by atoms with Crippen molar-refractivity contribution in [3.63, 3.8) is 0 Å². The number of rotatable bonds is 2. The number of nitrogens with one attached hydrogen (secondary N) is 1. The molecule has 72 valence electrons. The van der Waals surface area contributed by atoms with Crippen LogP contribution in [0.1, 0.15) is 31.4 Å². The first-order valence-corrected chi connectivity index (χ1v) is 5.03. The van der Waals surface area contributed by atoms with Crippen molar-refractivity contribution in [1.29, 1.82) is 0 Å². The van der Waals surface area contributed by atoms with Crippen LogP contribution in [0, 0.1) is 6.92 Å². The second kappa shape index (κ2) is 3.40. The van der Waals surface area contributed by atoms with E-state index >= 15 is 0 Å². The number of hydrogen-bond donors (Lipinski definition) is 1. The molecule has 0 aromatic carbocycles. The molecule has 1 heterocycles. The third-order valence-electron chi connectivity index (χ3n) is 2.82. The zero-order valence-electron chi connectivity index (χ0n) is 8.38. The average Bonchev–Trinajstić information content (AvgIpc) is 2.64. The minimum absolute atomic E-state index is 0.661. The summed E-state index contributed by atoms with van der Waals surface area (Å²) in [5, 5.41) is 7.85. The van der Waals surface area contributed by atoms with Gasteiger partial charge in [0.25, 0.3) is 0 Å². The van der Waals surface area contributed by atoms with E-state index in [1.165, 1.54) is 31.4 Å². The Balaban J connectivity index is 2.00. The molecule has 2 rings (SSSR count). The molecule has 0 bridgehead atoms. The van der Waals surface area contributed by atoms with Crippen LogP contribution in [0.3, 0.4) is 0 Å². The molecular weight excluding hydrogens is 162 g/mol. The minimum atomic E-state index is 0.661. The summed E-state index contributed by atoms with van der Waals surface area (Å²) in [6, 6.07) is 2.77. The number of hydrogen-bond acceptors (Lipinski definition) is 2. The third kappa shape index (κ3) is 1.85. The monoisotopic (exact) mass is 179 g/mol. The van der Waals surface area contributed by atoms with E-state index in [0.717, 1.165) is 5.82 Å². The molecule has 13 heavy (non-hydrogen) atoms. The number of nitrogens with zero attached hydrogens (tertiary/aromatic N) is 2. The van der Waals surface area contributed by atoms with Crippen molar-refractivity contribution in [3.8, 4) is 0 Å². The summed E-state index contributed by atoms with van der Waals surface area (Å²) in [7, 11) is 1.98. The zero-order chi connectivity index (χ0) is 9.26. The predicted octanol–water partition coefficient (Wildman–Crippen LogP) is 2.08. The molecule has 0 radical (unpaired) electrons. The van der Waals surface area contributed by atoms with Crippen LogP contribution in [-0.4, -0.2) is 15.8 Å². The smallest absolute Gasteiger partial charge is 0.148 e. The van der Waals surface area contributed by atoms with E-state index in [1.54, 1.807) is 0 Å². The lowest BCUT2D eigenvalue weighted by atomic mass is 10.2. The van der Waals surface area contributed by atoms with Gasteiger partial charge in [-0.05, 0) is 19.8 Å². The first-order valence-electron chi connectivity index (χ1n) is 5.03. The molecular formula is C10H17N3. The van der Waals surface area contributed by atoms with Crippen LogP contribution in [0.5, 0.6) is 0 Å². The summed E-state index contributed by atoms with van der Waals surface area (Å²) < 4.78 is 1.91. The predicted molar refractivity (Wildman–Crippen MR) is 53.8 cm³/mol. The van der Waals surface area contributed by atoms with Gasteiger partial charge >= 0.3 is 0 Å². The highest BCUT2D eigenvalue weighted by molar-refractivity contribution is 5.36. The van der Waals surface area contributed by atoms with Gasteiger partial charge in [-0.25, -0.2) is 0 Å². The molecule has 1 fully saturated rings. The lowest BCUT2D eigenvalue weighted by Crippen LogP contribution is -2.14. The van der Waals surface area contributed by atoms with Crippen LogP contribution >= 0.6 is 0 Å². The molecule has 1 N–H and O–H groups in total. The molecule has 0 spiro atoms. The molecule has 1 aromatic rings. The topological polar surface area (TPSA) is 29.9 Å². The fourth-order valence-corrected chi connectivity index (χ4v) is 1.91. The van der Waals surface area contributed by atoms with Crippen LogP contribution in [0.15, 0.2) is 6.07 Å². The first-order chi connectivity index (χ1) is 6.25. The Morgan fingerprint density at radius 1 is 1.46 bits per heavy atom. The van der Waals surface area contributed by atoms with Gasteiger partial charge in [0.2, 0.25) is 0 Å². The normalized spacial score (nSPS) is 18.0. The molecule has 1 saturated carbocycles. The van der Waals surface area contributed by atoms with Crippen LogP contribution in [0.4, 0.5) is 5.82 Å². The summed E-state index contributed by atoms with van der Waals surface area (Å²) in [5.74, 6) is 1.03. The van der Waals surface area contributed by atoms with E-state index in [-0.39, 0.29) is 0 Å². The summed E-state index contributed by atoms with van der Waals surface area (Å²) >= 11 is 0. The van der Waals surface area contributed by atoms with Crippen molar-refractivity contribution < 1.29 is 0 Å². The minimum Gasteiger partial charge on any atom is -0.366 e. The molecule has 0 saturated heterocycles. The van der Waals surface area contributed by atoms with Crippen molar-refractivity contribution in [3.05, 3.63) is 11.8 Å². The highest BCUT2D eigenvalue weighted by Crippen LogP contribution is 2.21. The van der Waals surface area contributed by atoms with E-state index < -0.39 is 0 Å². The molecule has 3 heteroatoms. The van der Waals surface area contributed by atoms with Crippen LogP contribution in [-0.2, 0) is 7.05 Å². The Bertz CT molecular complexity index is 265. The summed E-state index contributed by atoms with van der Waals surface area (Å²) in [4.78, 5) is 0. The van der Waals surface area contributed by atoms with Gasteiger partial charge in [-0.1, -0.05) is 12.8 Å². The second-order valence-electron chi connectivity index (χ2n) is 3.92. The summed E-state index contributed by atoms with van der Waals surface area (Å²) in [5.41, 5.74) is 1.21. The zero-order valence-corrected chi connectivity index (χ0v) is 8.38. The van der Waals surface area contributed by atoms with Gasteiger partial charge in [-0.15, -0.1) is 0 Å². The first kappa shape index (κ1) is 8.60. The fourth-order valence-electron chi connectivity index (χ4n) is 1.91. The van der Waals surface area contributed by atoms with Crippen molar-refractivity contribution in [1.82, 2.24) is 9.78 Å². The van der Waals surface area contributed by atoms with E-state index in [0.29, 0.717) is 6.04 Å². The number of aromatic nitrogens is 2. The molecule has 1 aliphatic rings. The molecule has 0 aliphatic heterocycles. The van der Waals surface area contributed by atoms with E-state index in [2.05, 4.69) is 23.4 Å². The maximum Gasteiger partial charge on any atom is 0.148 e. The second-order valence-corrected chi connectivity index (χ2v) is 3.92. The fraction of sp³-hybridized carbons (Fsp3) is 0.700. The SMILES string of the molecule is Cc1cc(NC2CCCC2)nn1C. The van der Waals surface area contributed by atoms with Gasteiger partial charge in [0.15, 0.2) is 0 Å². The van der Waals surface area contributed by atoms with Gasteiger partial charge in [-0.3, -0.25) is 4.68 Å². The van der Waals surface area contributed by atoms with E-state index in [4.69, 9.17) is 0 Å². The Morgan fingerprint density at radius 3 is 2.69 bits per heavy atom. The molecule has 1 aliphatic carbocycles. The van der Waals surface area contributed by atoms with Crippen LogP contribution in [0.2, 0.25) is 0 Å². The lowest BCUT2D eigenvalue weighted by molar-refractivity contribution is 0.717. The molecule has 0 unspecified atom stereocenters. The van der Waals surface area contributed by atoms with Crippen molar-refractivity contribution in [2.24, 2.45) is 7.05 Å². The molecule has 1 aromatic heterocycles. The van der Waals surface area contributed by atoms with Crippen molar-refractivity contribution >= 4 is 5.82 Å². The van der Waals surface area contributed by atoms with Crippen molar-refractivity contribution in [2.75, 3.05) is 5.32 Å². The van der Waals surface area contributed by atoms with E-state index in [9.17, 15) is 0 Å². The van der Waals surface area contributed by atoms with E-state index in [1.807, 2.05) is 11.7 Å². The van der Waals surface area contributed by atoms with Gasteiger partial charge in [0.05, 0.1) is 0 Å². The Labute approximate surface area is 79.1 Å². The van der Waals surface area contributed by atoms with Crippen LogP contribution < -0.4 is 5.32 Å². The van der Waals surface area contributed by atoms with Crippen LogP contribution in [0.25, 0.3) is 0 Å². The Hall–Kier alpha value is -0.990. The van der Waals surface area contributed by atoms with Gasteiger partial charge in [0.1, 0.15) is 5.82 Å².